The maximum Gasteiger partial charge on any atom is 0.0715 e. The molecule has 78 valence electrons. The molecule has 0 aliphatic carbocycles. The Hall–Kier alpha value is 0.0700. The highest BCUT2D eigenvalue weighted by atomic mass is 79.9. The van der Waals surface area contributed by atoms with Crippen molar-refractivity contribution in [3.63, 3.8) is 0 Å². The quantitative estimate of drug-likeness (QED) is 0.915. The van der Waals surface area contributed by atoms with Gasteiger partial charge < -0.3 is 5.32 Å². The van der Waals surface area contributed by atoms with Gasteiger partial charge in [0.15, 0.2) is 0 Å². The van der Waals surface area contributed by atoms with E-state index in [-0.39, 0.29) is 0 Å². The van der Waals surface area contributed by atoms with Gasteiger partial charge in [0.1, 0.15) is 0 Å². The lowest BCUT2D eigenvalue weighted by Crippen LogP contribution is -2.17. The fourth-order valence-electron chi connectivity index (χ4n) is 1.39. The minimum absolute atomic E-state index is 0.336. The van der Waals surface area contributed by atoms with Gasteiger partial charge in [-0.15, -0.1) is 0 Å². The molecule has 0 aliphatic rings. The number of nitrogens with one attached hydrogen (secondary N) is 1. The van der Waals surface area contributed by atoms with Crippen LogP contribution in [-0.2, 0) is 0 Å². The van der Waals surface area contributed by atoms with E-state index in [0.717, 1.165) is 27.5 Å². The molecule has 2 nitrogen and oxygen atoms in total. The van der Waals surface area contributed by atoms with E-state index in [1.807, 2.05) is 19.3 Å². The summed E-state index contributed by atoms with van der Waals surface area (Å²) in [6.45, 7) is 2.18. The summed E-state index contributed by atoms with van der Waals surface area (Å²) in [6.07, 6.45) is 4.08. The average Bonchev–Trinajstić information content (AvgIpc) is 2.15. The smallest absolute Gasteiger partial charge is 0.0715 e. The summed E-state index contributed by atoms with van der Waals surface area (Å²) < 4.78 is 2.05. The third-order valence-electron chi connectivity index (χ3n) is 2.09. The van der Waals surface area contributed by atoms with Crippen molar-refractivity contribution >= 4 is 31.9 Å². The Kier molecular flexibility index (Phi) is 5.06. The van der Waals surface area contributed by atoms with E-state index in [9.17, 15) is 0 Å². The number of aromatic nitrogens is 1. The largest absolute Gasteiger partial charge is 0.312 e. The van der Waals surface area contributed by atoms with E-state index in [1.54, 1.807) is 0 Å². The highest BCUT2D eigenvalue weighted by Gasteiger charge is 2.12. The maximum atomic E-state index is 4.41. The normalized spacial score (nSPS) is 12.9. The van der Waals surface area contributed by atoms with Crippen molar-refractivity contribution in [3.05, 3.63) is 26.9 Å². The Bertz CT molecular complexity index is 302. The number of halogens is 2. The topological polar surface area (TPSA) is 24.9 Å². The molecular formula is C10H14Br2N2. The van der Waals surface area contributed by atoms with Crippen LogP contribution < -0.4 is 5.32 Å². The molecule has 1 N–H and O–H groups in total. The van der Waals surface area contributed by atoms with E-state index in [4.69, 9.17) is 0 Å². The second-order valence-electron chi connectivity index (χ2n) is 3.15. The summed E-state index contributed by atoms with van der Waals surface area (Å²) in [5.74, 6) is 0. The number of pyridine rings is 1. The van der Waals surface area contributed by atoms with Crippen LogP contribution in [0.5, 0.6) is 0 Å². The maximum absolute atomic E-state index is 4.41. The van der Waals surface area contributed by atoms with Crippen molar-refractivity contribution in [2.24, 2.45) is 0 Å². The molecule has 0 spiro atoms. The molecule has 1 rings (SSSR count). The summed E-state index contributed by atoms with van der Waals surface area (Å²) in [5.41, 5.74) is 1.08. The Morgan fingerprint density at radius 3 is 2.71 bits per heavy atom. The van der Waals surface area contributed by atoms with Crippen LogP contribution in [0.1, 0.15) is 31.5 Å². The third kappa shape index (κ3) is 3.04. The summed E-state index contributed by atoms with van der Waals surface area (Å²) >= 11 is 6.92. The summed E-state index contributed by atoms with van der Waals surface area (Å²) in [5, 5.41) is 3.27. The van der Waals surface area contributed by atoms with Crippen molar-refractivity contribution in [2.75, 3.05) is 7.05 Å². The molecule has 0 saturated heterocycles. The van der Waals surface area contributed by atoms with Gasteiger partial charge in [-0.1, -0.05) is 13.3 Å². The average molecular weight is 322 g/mol. The van der Waals surface area contributed by atoms with Crippen LogP contribution >= 0.6 is 31.9 Å². The Morgan fingerprint density at radius 2 is 2.21 bits per heavy atom. The Morgan fingerprint density at radius 1 is 1.50 bits per heavy atom. The highest BCUT2D eigenvalue weighted by Crippen LogP contribution is 2.26. The highest BCUT2D eigenvalue weighted by molar-refractivity contribution is 9.11. The molecule has 0 fully saturated rings. The van der Waals surface area contributed by atoms with E-state index in [1.165, 1.54) is 0 Å². The fraction of sp³-hybridized carbons (Fsp3) is 0.500. The lowest BCUT2D eigenvalue weighted by Gasteiger charge is -2.16. The van der Waals surface area contributed by atoms with Gasteiger partial charge in [0, 0.05) is 15.1 Å². The van der Waals surface area contributed by atoms with Gasteiger partial charge >= 0.3 is 0 Å². The molecule has 0 saturated carbocycles. The van der Waals surface area contributed by atoms with E-state index in [0.29, 0.717) is 6.04 Å². The molecule has 0 aromatic carbocycles. The molecule has 0 amide bonds. The molecule has 1 unspecified atom stereocenters. The molecule has 14 heavy (non-hydrogen) atoms. The predicted molar refractivity (Wildman–Crippen MR) is 66.3 cm³/mol. The molecule has 0 aliphatic heterocycles. The van der Waals surface area contributed by atoms with Gasteiger partial charge in [0.25, 0.3) is 0 Å². The van der Waals surface area contributed by atoms with Crippen LogP contribution in [-0.4, -0.2) is 12.0 Å². The predicted octanol–water partition coefficient (Wildman–Crippen LogP) is 3.67. The molecule has 0 bridgehead atoms. The second kappa shape index (κ2) is 5.83. The van der Waals surface area contributed by atoms with Crippen LogP contribution in [0, 0.1) is 0 Å². The SMILES string of the molecule is CCCC(NC)c1ncc(Br)cc1Br. The summed E-state index contributed by atoms with van der Waals surface area (Å²) in [4.78, 5) is 4.41. The molecule has 1 heterocycles. The zero-order valence-electron chi connectivity index (χ0n) is 8.35. The number of hydrogen-bond donors (Lipinski definition) is 1. The first-order valence-electron chi connectivity index (χ1n) is 4.67. The minimum Gasteiger partial charge on any atom is -0.312 e. The van der Waals surface area contributed by atoms with Crippen molar-refractivity contribution in [1.29, 1.82) is 0 Å². The van der Waals surface area contributed by atoms with E-state index in [2.05, 4.69) is 49.1 Å². The third-order valence-corrected chi connectivity index (χ3v) is 3.16. The second-order valence-corrected chi connectivity index (χ2v) is 4.92. The van der Waals surface area contributed by atoms with Crippen molar-refractivity contribution in [2.45, 2.75) is 25.8 Å². The zero-order valence-corrected chi connectivity index (χ0v) is 11.5. The lowest BCUT2D eigenvalue weighted by molar-refractivity contribution is 0.526. The zero-order chi connectivity index (χ0) is 10.6. The summed E-state index contributed by atoms with van der Waals surface area (Å²) in [7, 11) is 1.97. The van der Waals surface area contributed by atoms with Gasteiger partial charge in [-0.3, -0.25) is 4.98 Å². The first-order chi connectivity index (χ1) is 6.69. The number of nitrogens with zero attached hydrogens (tertiary/aromatic N) is 1. The molecule has 1 aromatic heterocycles. The molecular weight excluding hydrogens is 308 g/mol. The monoisotopic (exact) mass is 320 g/mol. The van der Waals surface area contributed by atoms with Gasteiger partial charge in [0.05, 0.1) is 11.7 Å². The van der Waals surface area contributed by atoms with Crippen molar-refractivity contribution in [3.8, 4) is 0 Å². The fourth-order valence-corrected chi connectivity index (χ4v) is 2.65. The van der Waals surface area contributed by atoms with Gasteiger partial charge in [-0.25, -0.2) is 0 Å². The standard InChI is InChI=1S/C10H14Br2N2/c1-3-4-9(13-2)10-8(12)5-7(11)6-14-10/h5-6,9,13H,3-4H2,1-2H3. The number of rotatable bonds is 4. The molecule has 4 heteroatoms. The summed E-state index contributed by atoms with van der Waals surface area (Å²) in [6, 6.07) is 2.37. The molecule has 1 aromatic rings. The van der Waals surface area contributed by atoms with Crippen LogP contribution in [0.4, 0.5) is 0 Å². The first-order valence-corrected chi connectivity index (χ1v) is 6.25. The minimum atomic E-state index is 0.336. The van der Waals surface area contributed by atoms with Gasteiger partial charge in [0.2, 0.25) is 0 Å². The molecule has 1 atom stereocenters. The van der Waals surface area contributed by atoms with Crippen molar-refractivity contribution < 1.29 is 0 Å². The Balaban J connectivity index is 2.92. The molecule has 0 radical (unpaired) electrons. The first kappa shape index (κ1) is 12.1. The van der Waals surface area contributed by atoms with Crippen LogP contribution in [0.25, 0.3) is 0 Å². The van der Waals surface area contributed by atoms with Crippen molar-refractivity contribution in [1.82, 2.24) is 10.3 Å². The van der Waals surface area contributed by atoms with Gasteiger partial charge in [-0.2, -0.15) is 0 Å². The van der Waals surface area contributed by atoms with E-state index < -0.39 is 0 Å². The Labute approximate surface area is 102 Å². The van der Waals surface area contributed by atoms with Crippen LogP contribution in [0.15, 0.2) is 21.2 Å². The van der Waals surface area contributed by atoms with E-state index >= 15 is 0 Å². The van der Waals surface area contributed by atoms with Crippen LogP contribution in [0.2, 0.25) is 0 Å². The van der Waals surface area contributed by atoms with Gasteiger partial charge in [-0.05, 0) is 51.4 Å². The van der Waals surface area contributed by atoms with Crippen LogP contribution in [0.3, 0.4) is 0 Å². The lowest BCUT2D eigenvalue weighted by atomic mass is 10.1. The number of hydrogen-bond acceptors (Lipinski definition) is 2.